The third-order valence-electron chi connectivity index (χ3n) is 6.51. The van der Waals surface area contributed by atoms with Crippen molar-refractivity contribution in [2.75, 3.05) is 5.75 Å². The topological polar surface area (TPSA) is 95.2 Å². The minimum Gasteiger partial charge on any atom is -0.351 e. The number of hydrogen-bond donors (Lipinski definition) is 2. The highest BCUT2D eigenvalue weighted by atomic mass is 32.2. The van der Waals surface area contributed by atoms with E-state index in [2.05, 4.69) is 15.5 Å². The number of benzene rings is 1. The number of aryl methyl sites for hydroxylation is 1. The molecule has 29 heavy (non-hydrogen) atoms. The Balaban J connectivity index is 1.60. The second kappa shape index (κ2) is 7.91. The van der Waals surface area contributed by atoms with Crippen molar-refractivity contribution < 1.29 is 13.2 Å². The average Bonchev–Trinajstić information content (AvgIpc) is 3.14. The van der Waals surface area contributed by atoms with E-state index < -0.39 is 15.4 Å². The number of nitrogens with one attached hydrogen (secondary N) is 2. The van der Waals surface area contributed by atoms with Crippen LogP contribution in [0.1, 0.15) is 48.9 Å². The number of fused-ring (bicyclic) bond motifs is 1. The first kappa shape index (κ1) is 20.1. The van der Waals surface area contributed by atoms with Gasteiger partial charge in [-0.05, 0) is 31.7 Å². The Morgan fingerprint density at radius 1 is 1.28 bits per heavy atom. The van der Waals surface area contributed by atoms with E-state index in [0.29, 0.717) is 19.5 Å². The molecule has 0 bridgehead atoms. The van der Waals surface area contributed by atoms with E-state index in [9.17, 15) is 13.2 Å². The van der Waals surface area contributed by atoms with E-state index in [0.717, 1.165) is 42.5 Å². The normalized spacial score (nSPS) is 26.6. The van der Waals surface area contributed by atoms with Gasteiger partial charge in [0.15, 0.2) is 0 Å². The van der Waals surface area contributed by atoms with E-state index in [1.165, 1.54) is 0 Å². The molecule has 8 heteroatoms. The van der Waals surface area contributed by atoms with Gasteiger partial charge in [-0.15, -0.1) is 0 Å². The SMILES string of the molecule is Cc1[nH]ncc1CNC(=O)[C@@]12CCCC[C@H]1N(Cc1ccccc1)S(=O)(=O)CC2. The Labute approximate surface area is 171 Å². The molecule has 1 saturated carbocycles. The highest BCUT2D eigenvalue weighted by Gasteiger charge is 2.55. The molecule has 2 aliphatic rings. The van der Waals surface area contributed by atoms with Crippen LogP contribution >= 0.6 is 0 Å². The molecule has 7 nitrogen and oxygen atoms in total. The summed E-state index contributed by atoms with van der Waals surface area (Å²) in [4.78, 5) is 13.4. The summed E-state index contributed by atoms with van der Waals surface area (Å²) >= 11 is 0. The molecule has 1 saturated heterocycles. The van der Waals surface area contributed by atoms with Crippen LogP contribution in [-0.4, -0.2) is 40.6 Å². The van der Waals surface area contributed by atoms with Gasteiger partial charge in [-0.2, -0.15) is 9.40 Å². The Kier molecular flexibility index (Phi) is 5.48. The van der Waals surface area contributed by atoms with Crippen LogP contribution in [-0.2, 0) is 27.9 Å². The largest absolute Gasteiger partial charge is 0.351 e. The van der Waals surface area contributed by atoms with Gasteiger partial charge in [-0.3, -0.25) is 9.89 Å². The standard InChI is InChI=1S/C21H28N4O3S/c1-16-18(14-23-24-16)13-22-20(26)21-10-6-5-9-19(21)25(29(27,28)12-11-21)15-17-7-3-2-4-8-17/h2-4,7-8,14,19H,5-6,9-13,15H2,1H3,(H,22,26)(H,23,24)/t19-,21-/m1/s1. The summed E-state index contributed by atoms with van der Waals surface area (Å²) in [5.41, 5.74) is 2.18. The third kappa shape index (κ3) is 3.83. The van der Waals surface area contributed by atoms with Gasteiger partial charge in [-0.1, -0.05) is 43.2 Å². The van der Waals surface area contributed by atoms with Crippen LogP contribution < -0.4 is 5.32 Å². The molecule has 0 unspecified atom stereocenters. The lowest BCUT2D eigenvalue weighted by Crippen LogP contribution is -2.62. The average molecular weight is 417 g/mol. The zero-order chi connectivity index (χ0) is 20.5. The highest BCUT2D eigenvalue weighted by molar-refractivity contribution is 7.89. The second-order valence-electron chi connectivity index (χ2n) is 8.22. The third-order valence-corrected chi connectivity index (χ3v) is 8.32. The first-order valence-corrected chi connectivity index (χ1v) is 11.8. The van der Waals surface area contributed by atoms with Gasteiger partial charge in [0, 0.05) is 30.4 Å². The van der Waals surface area contributed by atoms with Crippen LogP contribution in [0.25, 0.3) is 0 Å². The molecule has 4 rings (SSSR count). The summed E-state index contributed by atoms with van der Waals surface area (Å²) in [6.07, 6.45) is 5.47. The van der Waals surface area contributed by atoms with Crippen molar-refractivity contribution in [2.45, 2.75) is 58.2 Å². The molecule has 2 heterocycles. The number of amides is 1. The first-order valence-electron chi connectivity index (χ1n) is 10.2. The molecule has 1 aromatic heterocycles. The molecule has 156 valence electrons. The minimum atomic E-state index is -3.39. The van der Waals surface area contributed by atoms with Gasteiger partial charge in [0.1, 0.15) is 0 Å². The van der Waals surface area contributed by atoms with Crippen molar-refractivity contribution in [1.29, 1.82) is 0 Å². The van der Waals surface area contributed by atoms with Gasteiger partial charge >= 0.3 is 0 Å². The number of nitrogens with zero attached hydrogens (tertiary/aromatic N) is 2. The van der Waals surface area contributed by atoms with Crippen molar-refractivity contribution in [3.05, 3.63) is 53.3 Å². The van der Waals surface area contributed by atoms with Crippen molar-refractivity contribution >= 4 is 15.9 Å². The summed E-state index contributed by atoms with van der Waals surface area (Å²) < 4.78 is 27.6. The maximum absolute atomic E-state index is 13.4. The maximum atomic E-state index is 13.4. The molecule has 1 aliphatic carbocycles. The Morgan fingerprint density at radius 2 is 2.07 bits per heavy atom. The van der Waals surface area contributed by atoms with Gasteiger partial charge in [0.05, 0.1) is 17.4 Å². The summed E-state index contributed by atoms with van der Waals surface area (Å²) in [7, 11) is -3.39. The quantitative estimate of drug-likeness (QED) is 0.783. The molecule has 2 fully saturated rings. The number of carbonyl (C=O) groups is 1. The van der Waals surface area contributed by atoms with Crippen LogP contribution in [0.5, 0.6) is 0 Å². The van der Waals surface area contributed by atoms with Crippen molar-refractivity contribution in [3.8, 4) is 0 Å². The molecule has 2 N–H and O–H groups in total. The molecule has 1 aromatic carbocycles. The molecule has 1 amide bonds. The van der Waals surface area contributed by atoms with Crippen molar-refractivity contribution in [3.63, 3.8) is 0 Å². The number of rotatable bonds is 5. The van der Waals surface area contributed by atoms with E-state index in [1.807, 2.05) is 37.3 Å². The predicted molar refractivity (Wildman–Crippen MR) is 110 cm³/mol. The zero-order valence-electron chi connectivity index (χ0n) is 16.7. The fourth-order valence-electron chi connectivity index (χ4n) is 4.81. The zero-order valence-corrected chi connectivity index (χ0v) is 17.5. The number of hydrogen-bond acceptors (Lipinski definition) is 4. The van der Waals surface area contributed by atoms with Gasteiger partial charge in [-0.25, -0.2) is 8.42 Å². The lowest BCUT2D eigenvalue weighted by atomic mass is 9.67. The number of aromatic amines is 1. The summed E-state index contributed by atoms with van der Waals surface area (Å²) in [5, 5.41) is 9.97. The van der Waals surface area contributed by atoms with Crippen LogP contribution in [0.2, 0.25) is 0 Å². The number of H-pyrrole nitrogens is 1. The fraction of sp³-hybridized carbons (Fsp3) is 0.524. The minimum absolute atomic E-state index is 0.0223. The second-order valence-corrected chi connectivity index (χ2v) is 10.3. The number of carbonyl (C=O) groups excluding carboxylic acids is 1. The molecule has 0 radical (unpaired) electrons. The van der Waals surface area contributed by atoms with Crippen molar-refractivity contribution in [2.24, 2.45) is 5.41 Å². The molecular weight excluding hydrogens is 388 g/mol. The molecular formula is C21H28N4O3S. The Bertz CT molecular complexity index is 973. The van der Waals surface area contributed by atoms with Crippen LogP contribution in [0.4, 0.5) is 0 Å². The lowest BCUT2D eigenvalue weighted by molar-refractivity contribution is -0.137. The van der Waals surface area contributed by atoms with Gasteiger partial charge in [0.25, 0.3) is 0 Å². The predicted octanol–water partition coefficient (Wildman–Crippen LogP) is 2.50. The van der Waals surface area contributed by atoms with E-state index in [4.69, 9.17) is 0 Å². The smallest absolute Gasteiger partial charge is 0.228 e. The first-order chi connectivity index (χ1) is 13.9. The van der Waals surface area contributed by atoms with Crippen LogP contribution in [0, 0.1) is 12.3 Å². The van der Waals surface area contributed by atoms with Gasteiger partial charge in [0.2, 0.25) is 15.9 Å². The van der Waals surface area contributed by atoms with Gasteiger partial charge < -0.3 is 5.32 Å². The molecule has 1 aliphatic heterocycles. The highest BCUT2D eigenvalue weighted by Crippen LogP contribution is 2.47. The number of aromatic nitrogens is 2. The Morgan fingerprint density at radius 3 is 2.79 bits per heavy atom. The fourth-order valence-corrected chi connectivity index (χ4v) is 6.71. The van der Waals surface area contributed by atoms with E-state index in [1.54, 1.807) is 10.5 Å². The summed E-state index contributed by atoms with van der Waals surface area (Å²) in [6.45, 7) is 2.65. The monoisotopic (exact) mass is 416 g/mol. The summed E-state index contributed by atoms with van der Waals surface area (Å²) in [6, 6.07) is 9.34. The van der Waals surface area contributed by atoms with Crippen LogP contribution in [0.3, 0.4) is 0 Å². The molecule has 2 aromatic rings. The molecule has 2 atom stereocenters. The van der Waals surface area contributed by atoms with E-state index in [-0.39, 0.29) is 17.7 Å². The lowest BCUT2D eigenvalue weighted by Gasteiger charge is -2.50. The van der Waals surface area contributed by atoms with Crippen LogP contribution in [0.15, 0.2) is 36.5 Å². The Hall–Kier alpha value is -2.19. The maximum Gasteiger partial charge on any atom is 0.228 e. The van der Waals surface area contributed by atoms with E-state index >= 15 is 0 Å². The molecule has 0 spiro atoms. The summed E-state index contributed by atoms with van der Waals surface area (Å²) in [5.74, 6) is -0.00939. The number of sulfonamides is 1. The van der Waals surface area contributed by atoms with Crippen molar-refractivity contribution in [1.82, 2.24) is 19.8 Å².